The monoisotopic (exact) mass is 385 g/mol. The Balaban J connectivity index is 1.72. The molecule has 3 heterocycles. The third kappa shape index (κ3) is 2.68. The molecule has 2 aromatic carbocycles. The number of hydrogen-bond donors (Lipinski definition) is 1. The van der Waals surface area contributed by atoms with E-state index in [9.17, 15) is 9.59 Å². The Labute approximate surface area is 166 Å². The van der Waals surface area contributed by atoms with Gasteiger partial charge in [0.25, 0.3) is 11.5 Å². The Bertz CT molecular complexity index is 1450. The fourth-order valence-electron chi connectivity index (χ4n) is 3.95. The summed E-state index contributed by atoms with van der Waals surface area (Å²) in [5.74, 6) is 0.413. The third-order valence-electron chi connectivity index (χ3n) is 5.08. The number of nitrogens with one attached hydrogen (secondary N) is 1. The van der Waals surface area contributed by atoms with Gasteiger partial charge >= 0.3 is 0 Å². The number of hydrogen-bond acceptors (Lipinski definition) is 4. The minimum atomic E-state index is -0.169. The minimum absolute atomic E-state index is 0.0560. The van der Waals surface area contributed by atoms with Crippen LogP contribution in [-0.4, -0.2) is 27.9 Å². The number of carbonyl (C=O) groups is 1. The highest BCUT2D eigenvalue weighted by Gasteiger charge is 2.18. The van der Waals surface area contributed by atoms with E-state index < -0.39 is 0 Å². The van der Waals surface area contributed by atoms with Crippen molar-refractivity contribution in [1.29, 1.82) is 0 Å². The zero-order valence-corrected chi connectivity index (χ0v) is 16.1. The second-order valence-corrected chi connectivity index (χ2v) is 7.43. The van der Waals surface area contributed by atoms with Crippen LogP contribution >= 0.6 is 0 Å². The van der Waals surface area contributed by atoms with Crippen molar-refractivity contribution in [2.75, 3.05) is 6.61 Å². The van der Waals surface area contributed by atoms with Gasteiger partial charge in [-0.25, -0.2) is 0 Å². The first-order valence-electron chi connectivity index (χ1n) is 9.54. The van der Waals surface area contributed by atoms with Crippen LogP contribution in [0.1, 0.15) is 13.8 Å². The quantitative estimate of drug-likeness (QED) is 0.481. The molecule has 0 fully saturated rings. The van der Waals surface area contributed by atoms with Gasteiger partial charge in [-0.15, -0.1) is 0 Å². The molecule has 0 saturated carbocycles. The fraction of sp³-hybridized carbons (Fsp3) is 0.174. The predicted octanol–water partition coefficient (Wildman–Crippen LogP) is 3.50. The van der Waals surface area contributed by atoms with E-state index in [1.165, 1.54) is 0 Å². The molecule has 1 N–H and O–H groups in total. The lowest BCUT2D eigenvalue weighted by Crippen LogP contribution is -2.34. The van der Waals surface area contributed by atoms with Crippen LogP contribution in [0.5, 0.6) is 5.75 Å². The largest absolute Gasteiger partial charge is 0.484 e. The molecule has 0 atom stereocenters. The van der Waals surface area contributed by atoms with Crippen molar-refractivity contribution < 1.29 is 9.53 Å². The van der Waals surface area contributed by atoms with Gasteiger partial charge in [-0.1, -0.05) is 18.2 Å². The Kier molecular flexibility index (Phi) is 3.87. The normalized spacial score (nSPS) is 11.8. The maximum absolute atomic E-state index is 13.2. The molecular formula is C23H19N3O3. The molecule has 0 spiro atoms. The number of ether oxygens (including phenoxy) is 1. The molecule has 0 aliphatic carbocycles. The number of pyridine rings is 2. The summed E-state index contributed by atoms with van der Waals surface area (Å²) in [7, 11) is 0. The molecule has 6 nitrogen and oxygen atoms in total. The van der Waals surface area contributed by atoms with Crippen molar-refractivity contribution in [2.24, 2.45) is 0 Å². The molecule has 144 valence electrons. The summed E-state index contributed by atoms with van der Waals surface area (Å²) in [6, 6.07) is 15.0. The number of fused-ring (bicyclic) bond motifs is 5. The summed E-state index contributed by atoms with van der Waals surface area (Å²) in [5, 5.41) is 6.12. The number of nitrogens with zero attached hydrogens (tertiary/aromatic N) is 2. The molecule has 0 bridgehead atoms. The topological polar surface area (TPSA) is 72.7 Å². The Hall–Kier alpha value is -3.67. The first-order valence-corrected chi connectivity index (χ1v) is 9.54. The molecule has 6 heteroatoms. The van der Waals surface area contributed by atoms with Gasteiger partial charge < -0.3 is 10.1 Å². The van der Waals surface area contributed by atoms with E-state index in [1.807, 2.05) is 56.3 Å². The van der Waals surface area contributed by atoms with Crippen molar-refractivity contribution in [3.8, 4) is 5.75 Å². The van der Waals surface area contributed by atoms with Gasteiger partial charge in [0.05, 0.1) is 16.6 Å². The first-order chi connectivity index (χ1) is 14.0. The van der Waals surface area contributed by atoms with E-state index in [4.69, 9.17) is 4.74 Å². The molecule has 3 aromatic heterocycles. The fourth-order valence-corrected chi connectivity index (χ4v) is 3.95. The van der Waals surface area contributed by atoms with Crippen molar-refractivity contribution in [2.45, 2.75) is 19.9 Å². The van der Waals surface area contributed by atoms with E-state index in [-0.39, 0.29) is 24.1 Å². The minimum Gasteiger partial charge on any atom is -0.484 e. The molecule has 0 unspecified atom stereocenters. The number of rotatable bonds is 4. The summed E-state index contributed by atoms with van der Waals surface area (Å²) in [5.41, 5.74) is 2.34. The maximum atomic E-state index is 13.2. The Morgan fingerprint density at radius 2 is 1.86 bits per heavy atom. The van der Waals surface area contributed by atoms with Crippen molar-refractivity contribution in [1.82, 2.24) is 14.7 Å². The van der Waals surface area contributed by atoms with Gasteiger partial charge in [0, 0.05) is 33.8 Å². The van der Waals surface area contributed by atoms with Crippen LogP contribution in [0, 0.1) is 0 Å². The molecule has 5 rings (SSSR count). The van der Waals surface area contributed by atoms with Crippen LogP contribution in [0.4, 0.5) is 0 Å². The van der Waals surface area contributed by atoms with Crippen molar-refractivity contribution in [3.05, 3.63) is 65.1 Å². The highest BCUT2D eigenvalue weighted by atomic mass is 16.5. The smallest absolute Gasteiger partial charge is 0.263 e. The average molecular weight is 385 g/mol. The number of carbonyl (C=O) groups excluding carboxylic acids is 1. The van der Waals surface area contributed by atoms with E-state index in [0.717, 1.165) is 32.7 Å². The summed E-state index contributed by atoms with van der Waals surface area (Å²) < 4.78 is 7.41. The average Bonchev–Trinajstić information content (AvgIpc) is 3.05. The van der Waals surface area contributed by atoms with Crippen molar-refractivity contribution >= 4 is 44.0 Å². The number of benzene rings is 2. The van der Waals surface area contributed by atoms with E-state index in [0.29, 0.717) is 11.1 Å². The molecule has 1 amide bonds. The maximum Gasteiger partial charge on any atom is 0.263 e. The van der Waals surface area contributed by atoms with Crippen LogP contribution in [0.3, 0.4) is 0 Å². The van der Waals surface area contributed by atoms with Crippen LogP contribution in [0.25, 0.3) is 38.1 Å². The molecule has 29 heavy (non-hydrogen) atoms. The zero-order valence-electron chi connectivity index (χ0n) is 16.1. The summed E-state index contributed by atoms with van der Waals surface area (Å²) in [6.07, 6.45) is 1.76. The van der Waals surface area contributed by atoms with Crippen molar-refractivity contribution in [3.63, 3.8) is 0 Å². The van der Waals surface area contributed by atoms with Crippen LogP contribution < -0.4 is 15.6 Å². The zero-order chi connectivity index (χ0) is 20.1. The second-order valence-electron chi connectivity index (χ2n) is 7.43. The molecular weight excluding hydrogens is 366 g/mol. The highest BCUT2D eigenvalue weighted by Crippen LogP contribution is 2.34. The Morgan fingerprint density at radius 1 is 1.07 bits per heavy atom. The van der Waals surface area contributed by atoms with E-state index >= 15 is 0 Å². The molecule has 0 saturated heterocycles. The second kappa shape index (κ2) is 6.44. The van der Waals surface area contributed by atoms with E-state index in [1.54, 1.807) is 16.7 Å². The SMILES string of the molecule is CC(C)NC(=O)COc1ccc2c(c1)c1ccnc3c4ccccc4c(=O)n2c13. The third-order valence-corrected chi connectivity index (χ3v) is 5.08. The predicted molar refractivity (Wildman–Crippen MR) is 114 cm³/mol. The lowest BCUT2D eigenvalue weighted by atomic mass is 10.1. The van der Waals surface area contributed by atoms with Gasteiger partial charge in [0.2, 0.25) is 0 Å². The number of amides is 1. The van der Waals surface area contributed by atoms with Gasteiger partial charge in [-0.3, -0.25) is 19.0 Å². The lowest BCUT2D eigenvalue weighted by Gasteiger charge is -2.09. The summed E-state index contributed by atoms with van der Waals surface area (Å²) in [6.45, 7) is 3.75. The van der Waals surface area contributed by atoms with Gasteiger partial charge in [-0.2, -0.15) is 0 Å². The standard InChI is InChI=1S/C23H19N3O3/c1-13(2)25-20(27)12-29-14-7-8-19-18(11-14)16-9-10-24-21-15-5-3-4-6-17(15)23(28)26(19)22(16)21/h3-11,13H,12H2,1-2H3,(H,25,27). The van der Waals surface area contributed by atoms with Gasteiger partial charge in [-0.05, 0) is 44.2 Å². The van der Waals surface area contributed by atoms with Crippen LogP contribution in [0.2, 0.25) is 0 Å². The summed E-state index contributed by atoms with van der Waals surface area (Å²) in [4.78, 5) is 29.7. The lowest BCUT2D eigenvalue weighted by molar-refractivity contribution is -0.123. The van der Waals surface area contributed by atoms with E-state index in [2.05, 4.69) is 10.3 Å². The Morgan fingerprint density at radius 3 is 2.66 bits per heavy atom. The number of aromatic nitrogens is 2. The van der Waals surface area contributed by atoms with Crippen LogP contribution in [-0.2, 0) is 4.79 Å². The van der Waals surface area contributed by atoms with Crippen LogP contribution in [0.15, 0.2) is 59.5 Å². The highest BCUT2D eigenvalue weighted by molar-refractivity contribution is 6.18. The van der Waals surface area contributed by atoms with Gasteiger partial charge in [0.1, 0.15) is 5.75 Å². The molecule has 0 radical (unpaired) electrons. The molecule has 0 aliphatic heterocycles. The molecule has 0 aliphatic rings. The van der Waals surface area contributed by atoms with Gasteiger partial charge in [0.15, 0.2) is 6.61 Å². The first kappa shape index (κ1) is 17.4. The molecule has 5 aromatic rings. The summed E-state index contributed by atoms with van der Waals surface area (Å²) >= 11 is 0.